The van der Waals surface area contributed by atoms with Crippen LogP contribution in [0.25, 0.3) is 11.3 Å². The maximum atomic E-state index is 12.8. The van der Waals surface area contributed by atoms with Gasteiger partial charge < -0.3 is 9.64 Å². The molecule has 3 aromatic rings. The van der Waals surface area contributed by atoms with Gasteiger partial charge in [-0.05, 0) is 18.2 Å². The summed E-state index contributed by atoms with van der Waals surface area (Å²) in [4.78, 5) is 17.1. The lowest BCUT2D eigenvalue weighted by molar-refractivity contribution is 0.0628. The highest BCUT2D eigenvalue weighted by Crippen LogP contribution is 2.23. The van der Waals surface area contributed by atoms with Crippen molar-refractivity contribution in [3.63, 3.8) is 0 Å². The lowest BCUT2D eigenvalue weighted by Gasteiger charge is -2.34. The van der Waals surface area contributed by atoms with E-state index in [2.05, 4.69) is 28.3 Å². The summed E-state index contributed by atoms with van der Waals surface area (Å²) < 4.78 is 7.11. The molecule has 0 aliphatic carbocycles. The molecule has 2 aromatic carbocycles. The molecule has 1 saturated heterocycles. The predicted octanol–water partition coefficient (Wildman–Crippen LogP) is 3.05. The molecule has 0 radical (unpaired) electrons. The molecule has 0 spiro atoms. The number of nitrogens with zero attached hydrogens (tertiary/aromatic N) is 4. The van der Waals surface area contributed by atoms with E-state index in [-0.39, 0.29) is 5.91 Å². The highest BCUT2D eigenvalue weighted by Gasteiger charge is 2.23. The number of ether oxygens (including phenoxy) is 1. The third-order valence-corrected chi connectivity index (χ3v) is 5.32. The molecule has 1 amide bonds. The van der Waals surface area contributed by atoms with Crippen LogP contribution in [0.3, 0.4) is 0 Å². The van der Waals surface area contributed by atoms with Gasteiger partial charge in [0, 0.05) is 62.7 Å². The zero-order valence-electron chi connectivity index (χ0n) is 16.9. The fourth-order valence-electron chi connectivity index (χ4n) is 3.78. The van der Waals surface area contributed by atoms with Gasteiger partial charge in [-0.25, -0.2) is 0 Å². The van der Waals surface area contributed by atoms with E-state index in [9.17, 15) is 4.79 Å². The Morgan fingerprint density at radius 2 is 1.79 bits per heavy atom. The van der Waals surface area contributed by atoms with E-state index in [1.165, 1.54) is 5.56 Å². The van der Waals surface area contributed by atoms with Crippen LogP contribution in [0.1, 0.15) is 15.9 Å². The van der Waals surface area contributed by atoms with Crippen LogP contribution in [-0.2, 0) is 13.6 Å². The van der Waals surface area contributed by atoms with Crippen molar-refractivity contribution in [2.24, 2.45) is 7.05 Å². The number of methoxy groups -OCH3 is 1. The first-order chi connectivity index (χ1) is 14.1. The molecule has 0 saturated carbocycles. The number of benzene rings is 2. The van der Waals surface area contributed by atoms with Crippen LogP contribution in [0.5, 0.6) is 5.75 Å². The van der Waals surface area contributed by atoms with Gasteiger partial charge in [0.15, 0.2) is 0 Å². The van der Waals surface area contributed by atoms with Gasteiger partial charge in [0.1, 0.15) is 5.75 Å². The molecule has 0 bridgehead atoms. The van der Waals surface area contributed by atoms with Crippen molar-refractivity contribution in [2.75, 3.05) is 33.3 Å². The molecule has 29 heavy (non-hydrogen) atoms. The van der Waals surface area contributed by atoms with Crippen molar-refractivity contribution in [1.29, 1.82) is 0 Å². The molecule has 6 nitrogen and oxygen atoms in total. The SMILES string of the molecule is COc1cccc(C(=O)N2CCN(Cc3cn(C)nc3-c3ccccc3)CC2)c1. The molecule has 6 heteroatoms. The summed E-state index contributed by atoms with van der Waals surface area (Å²) in [6, 6.07) is 17.6. The standard InChI is InChI=1S/C23H26N4O2/c1-25-16-20(22(24-25)18-7-4-3-5-8-18)17-26-11-13-27(14-12-26)23(28)19-9-6-10-21(15-19)29-2/h3-10,15-16H,11-14,17H2,1-2H3. The smallest absolute Gasteiger partial charge is 0.254 e. The summed E-state index contributed by atoms with van der Waals surface area (Å²) in [6.45, 7) is 3.96. The van der Waals surface area contributed by atoms with Crippen molar-refractivity contribution >= 4 is 5.91 Å². The second kappa shape index (κ2) is 8.49. The number of carbonyl (C=O) groups excluding carboxylic acids is 1. The first-order valence-corrected chi connectivity index (χ1v) is 9.87. The number of hydrogen-bond acceptors (Lipinski definition) is 4. The molecule has 1 aliphatic rings. The number of hydrogen-bond donors (Lipinski definition) is 0. The van der Waals surface area contributed by atoms with Crippen LogP contribution in [0.15, 0.2) is 60.8 Å². The van der Waals surface area contributed by atoms with Gasteiger partial charge in [-0.3, -0.25) is 14.4 Å². The van der Waals surface area contributed by atoms with E-state index in [1.807, 2.05) is 53.0 Å². The Morgan fingerprint density at radius 1 is 1.03 bits per heavy atom. The van der Waals surface area contributed by atoms with E-state index >= 15 is 0 Å². The quantitative estimate of drug-likeness (QED) is 0.672. The van der Waals surface area contributed by atoms with Crippen molar-refractivity contribution in [3.05, 3.63) is 71.9 Å². The number of aryl methyl sites for hydroxylation is 1. The molecular formula is C23H26N4O2. The topological polar surface area (TPSA) is 50.6 Å². The molecule has 4 rings (SSSR count). The first-order valence-electron chi connectivity index (χ1n) is 9.87. The average molecular weight is 390 g/mol. The molecule has 1 aliphatic heterocycles. The highest BCUT2D eigenvalue weighted by atomic mass is 16.5. The maximum absolute atomic E-state index is 12.8. The monoisotopic (exact) mass is 390 g/mol. The second-order valence-electron chi connectivity index (χ2n) is 7.34. The summed E-state index contributed by atoms with van der Waals surface area (Å²) in [7, 11) is 3.57. The number of carbonyl (C=O) groups is 1. The highest BCUT2D eigenvalue weighted by molar-refractivity contribution is 5.94. The Labute approximate surface area is 171 Å². The molecule has 150 valence electrons. The lowest BCUT2D eigenvalue weighted by Crippen LogP contribution is -2.48. The fourth-order valence-corrected chi connectivity index (χ4v) is 3.78. The van der Waals surface area contributed by atoms with Gasteiger partial charge in [0.05, 0.1) is 12.8 Å². The Bertz CT molecular complexity index is 976. The zero-order valence-corrected chi connectivity index (χ0v) is 16.9. The number of aromatic nitrogens is 2. The minimum Gasteiger partial charge on any atom is -0.497 e. The van der Waals surface area contributed by atoms with Gasteiger partial charge >= 0.3 is 0 Å². The lowest BCUT2D eigenvalue weighted by atomic mass is 10.1. The molecule has 1 fully saturated rings. The van der Waals surface area contributed by atoms with Gasteiger partial charge in [-0.2, -0.15) is 5.10 Å². The summed E-state index contributed by atoms with van der Waals surface area (Å²) in [5.41, 5.74) is 4.06. The molecular weight excluding hydrogens is 364 g/mol. The minimum atomic E-state index is 0.0647. The van der Waals surface area contributed by atoms with Crippen LogP contribution in [0, 0.1) is 0 Å². The van der Waals surface area contributed by atoms with Crippen LogP contribution < -0.4 is 4.74 Å². The zero-order chi connectivity index (χ0) is 20.2. The van der Waals surface area contributed by atoms with Gasteiger partial charge in [-0.15, -0.1) is 0 Å². The second-order valence-corrected chi connectivity index (χ2v) is 7.34. The largest absolute Gasteiger partial charge is 0.497 e. The van der Waals surface area contributed by atoms with Crippen molar-refractivity contribution in [2.45, 2.75) is 6.54 Å². The van der Waals surface area contributed by atoms with E-state index in [0.29, 0.717) is 11.3 Å². The summed E-state index contributed by atoms with van der Waals surface area (Å²) in [5.74, 6) is 0.773. The van der Waals surface area contributed by atoms with E-state index in [0.717, 1.165) is 44.0 Å². The number of amides is 1. The molecule has 0 N–H and O–H groups in total. The molecule has 2 heterocycles. The van der Waals surface area contributed by atoms with Crippen LogP contribution >= 0.6 is 0 Å². The third-order valence-electron chi connectivity index (χ3n) is 5.32. The average Bonchev–Trinajstić information content (AvgIpc) is 3.14. The Hall–Kier alpha value is -3.12. The Morgan fingerprint density at radius 3 is 2.52 bits per heavy atom. The number of rotatable bonds is 5. The minimum absolute atomic E-state index is 0.0647. The van der Waals surface area contributed by atoms with E-state index < -0.39 is 0 Å². The Kier molecular flexibility index (Phi) is 5.62. The molecule has 1 aromatic heterocycles. The Balaban J connectivity index is 1.40. The summed E-state index contributed by atoms with van der Waals surface area (Å²) in [5, 5.41) is 4.66. The van der Waals surface area contributed by atoms with E-state index in [1.54, 1.807) is 13.2 Å². The van der Waals surface area contributed by atoms with Crippen LogP contribution in [0.2, 0.25) is 0 Å². The number of piperazine rings is 1. The van der Waals surface area contributed by atoms with Gasteiger partial charge in [0.2, 0.25) is 0 Å². The van der Waals surface area contributed by atoms with Crippen LogP contribution in [0.4, 0.5) is 0 Å². The normalized spacial score (nSPS) is 14.8. The van der Waals surface area contributed by atoms with Crippen molar-refractivity contribution < 1.29 is 9.53 Å². The molecule has 0 atom stereocenters. The maximum Gasteiger partial charge on any atom is 0.254 e. The van der Waals surface area contributed by atoms with Gasteiger partial charge in [-0.1, -0.05) is 36.4 Å². The van der Waals surface area contributed by atoms with Crippen LogP contribution in [-0.4, -0.2) is 58.8 Å². The molecule has 0 unspecified atom stereocenters. The summed E-state index contributed by atoms with van der Waals surface area (Å²) in [6.07, 6.45) is 2.09. The third kappa shape index (κ3) is 4.32. The van der Waals surface area contributed by atoms with E-state index in [4.69, 9.17) is 4.74 Å². The predicted molar refractivity (Wildman–Crippen MR) is 113 cm³/mol. The fraction of sp³-hybridized carbons (Fsp3) is 0.304. The first kappa shape index (κ1) is 19.2. The van der Waals surface area contributed by atoms with Crippen molar-refractivity contribution in [1.82, 2.24) is 19.6 Å². The van der Waals surface area contributed by atoms with Crippen molar-refractivity contribution in [3.8, 4) is 17.0 Å². The van der Waals surface area contributed by atoms with Gasteiger partial charge in [0.25, 0.3) is 5.91 Å². The summed E-state index contributed by atoms with van der Waals surface area (Å²) >= 11 is 0.